The zero-order valence-corrected chi connectivity index (χ0v) is 14.8. The van der Waals surface area contributed by atoms with Crippen molar-refractivity contribution < 1.29 is 0 Å². The molecular formula is C18H27BrN2. The van der Waals surface area contributed by atoms with E-state index in [0.29, 0.717) is 6.04 Å². The maximum absolute atomic E-state index is 3.67. The molecule has 1 saturated carbocycles. The van der Waals surface area contributed by atoms with Gasteiger partial charge in [-0.2, -0.15) is 0 Å². The highest BCUT2D eigenvalue weighted by atomic mass is 79.9. The highest BCUT2D eigenvalue weighted by molar-refractivity contribution is 9.10. The van der Waals surface area contributed by atoms with Gasteiger partial charge in [-0.05, 0) is 63.3 Å². The van der Waals surface area contributed by atoms with E-state index in [1.807, 2.05) is 0 Å². The first kappa shape index (κ1) is 15.4. The van der Waals surface area contributed by atoms with Gasteiger partial charge in [-0.1, -0.05) is 34.8 Å². The fraction of sp³-hybridized carbons (Fsp3) is 0.667. The molecule has 1 saturated heterocycles. The normalized spacial score (nSPS) is 24.7. The molecule has 116 valence electrons. The van der Waals surface area contributed by atoms with Crippen LogP contribution in [0.4, 0.5) is 5.69 Å². The Morgan fingerprint density at radius 3 is 2.67 bits per heavy atom. The molecule has 2 aliphatic rings. The Balaban J connectivity index is 1.92. The van der Waals surface area contributed by atoms with Crippen molar-refractivity contribution in [2.75, 3.05) is 18.5 Å². The molecule has 2 atom stereocenters. The predicted octanol–water partition coefficient (Wildman–Crippen LogP) is 4.89. The van der Waals surface area contributed by atoms with Crippen molar-refractivity contribution in [3.63, 3.8) is 0 Å². The standard InChI is InChI=1S/C18H27BrN2/c1-13(20-2)16-10-9-15(19)12-18(16)21-11-5-8-17(21)14-6-3-4-7-14/h9-10,12-14,17,20H,3-8,11H2,1-2H3. The number of nitrogens with zero attached hydrogens (tertiary/aromatic N) is 1. The van der Waals surface area contributed by atoms with Crippen LogP contribution < -0.4 is 10.2 Å². The summed E-state index contributed by atoms with van der Waals surface area (Å²) >= 11 is 3.67. The average Bonchev–Trinajstić information content (AvgIpc) is 3.16. The van der Waals surface area contributed by atoms with Gasteiger partial charge in [0, 0.05) is 28.8 Å². The van der Waals surface area contributed by atoms with Crippen molar-refractivity contribution >= 4 is 21.6 Å². The topological polar surface area (TPSA) is 15.3 Å². The second kappa shape index (κ2) is 6.70. The summed E-state index contributed by atoms with van der Waals surface area (Å²) in [6.07, 6.45) is 8.48. The minimum absolute atomic E-state index is 0.401. The van der Waals surface area contributed by atoms with E-state index in [4.69, 9.17) is 0 Å². The number of rotatable bonds is 4. The van der Waals surface area contributed by atoms with E-state index < -0.39 is 0 Å². The van der Waals surface area contributed by atoms with Gasteiger partial charge in [0.2, 0.25) is 0 Å². The maximum atomic E-state index is 3.67. The number of nitrogens with one attached hydrogen (secondary N) is 1. The van der Waals surface area contributed by atoms with Gasteiger partial charge in [0.1, 0.15) is 0 Å². The molecule has 0 radical (unpaired) electrons. The molecule has 1 aromatic rings. The van der Waals surface area contributed by atoms with E-state index in [1.165, 1.54) is 60.8 Å². The lowest BCUT2D eigenvalue weighted by molar-refractivity contribution is 0.429. The summed E-state index contributed by atoms with van der Waals surface area (Å²) in [6.45, 7) is 3.48. The van der Waals surface area contributed by atoms with Gasteiger partial charge >= 0.3 is 0 Å². The van der Waals surface area contributed by atoms with Gasteiger partial charge in [0.15, 0.2) is 0 Å². The fourth-order valence-electron chi connectivity index (χ4n) is 4.21. The van der Waals surface area contributed by atoms with Crippen molar-refractivity contribution in [3.05, 3.63) is 28.2 Å². The predicted molar refractivity (Wildman–Crippen MR) is 93.9 cm³/mol. The molecule has 0 bridgehead atoms. The summed E-state index contributed by atoms with van der Waals surface area (Å²) in [5, 5.41) is 3.41. The summed E-state index contributed by atoms with van der Waals surface area (Å²) in [6, 6.07) is 7.96. The van der Waals surface area contributed by atoms with Crippen LogP contribution >= 0.6 is 15.9 Å². The number of hydrogen-bond acceptors (Lipinski definition) is 2. The lowest BCUT2D eigenvalue weighted by Gasteiger charge is -2.34. The van der Waals surface area contributed by atoms with Gasteiger partial charge in [-0.25, -0.2) is 0 Å². The summed E-state index contributed by atoms with van der Waals surface area (Å²) in [5.41, 5.74) is 2.88. The van der Waals surface area contributed by atoms with Crippen LogP contribution in [0.15, 0.2) is 22.7 Å². The summed E-state index contributed by atoms with van der Waals surface area (Å²) in [5.74, 6) is 0.921. The molecule has 0 amide bonds. The smallest absolute Gasteiger partial charge is 0.0428 e. The van der Waals surface area contributed by atoms with Gasteiger partial charge in [0.05, 0.1) is 0 Å². The Kier molecular flexibility index (Phi) is 4.90. The molecule has 1 aliphatic heterocycles. The lowest BCUT2D eigenvalue weighted by atomic mass is 9.95. The SMILES string of the molecule is CNC(C)c1ccc(Br)cc1N1CCCC1C1CCCC1. The fourth-order valence-corrected chi connectivity index (χ4v) is 4.56. The summed E-state index contributed by atoms with van der Waals surface area (Å²) < 4.78 is 1.20. The van der Waals surface area contributed by atoms with Crippen LogP contribution in [0.1, 0.15) is 57.1 Å². The number of halogens is 1. The Hall–Kier alpha value is -0.540. The molecule has 1 aromatic carbocycles. The lowest BCUT2D eigenvalue weighted by Crippen LogP contribution is -2.35. The average molecular weight is 351 g/mol. The zero-order valence-electron chi connectivity index (χ0n) is 13.2. The zero-order chi connectivity index (χ0) is 14.8. The first-order valence-corrected chi connectivity index (χ1v) is 9.23. The van der Waals surface area contributed by atoms with E-state index in [0.717, 1.165) is 12.0 Å². The Morgan fingerprint density at radius 2 is 1.95 bits per heavy atom. The molecule has 1 N–H and O–H groups in total. The Labute approximate surface area is 137 Å². The number of hydrogen-bond donors (Lipinski definition) is 1. The molecule has 3 heteroatoms. The highest BCUT2D eigenvalue weighted by Gasteiger charge is 2.34. The van der Waals surface area contributed by atoms with Gasteiger partial charge in [0.25, 0.3) is 0 Å². The van der Waals surface area contributed by atoms with Gasteiger partial charge < -0.3 is 10.2 Å². The first-order chi connectivity index (χ1) is 10.2. The van der Waals surface area contributed by atoms with Crippen molar-refractivity contribution in [2.24, 2.45) is 5.92 Å². The molecule has 21 heavy (non-hydrogen) atoms. The van der Waals surface area contributed by atoms with Gasteiger partial charge in [-0.3, -0.25) is 0 Å². The molecule has 2 unspecified atom stereocenters. The van der Waals surface area contributed by atoms with Crippen LogP contribution in [-0.2, 0) is 0 Å². The molecule has 0 aromatic heterocycles. The molecule has 2 nitrogen and oxygen atoms in total. The van der Waals surface area contributed by atoms with Crippen molar-refractivity contribution in [1.29, 1.82) is 0 Å². The highest BCUT2D eigenvalue weighted by Crippen LogP contribution is 2.40. The molecule has 2 fully saturated rings. The summed E-state index contributed by atoms with van der Waals surface area (Å²) in [4.78, 5) is 2.71. The molecule has 3 rings (SSSR count). The monoisotopic (exact) mass is 350 g/mol. The van der Waals surface area contributed by atoms with E-state index in [-0.39, 0.29) is 0 Å². The minimum atomic E-state index is 0.401. The van der Waals surface area contributed by atoms with E-state index in [9.17, 15) is 0 Å². The third-order valence-electron chi connectivity index (χ3n) is 5.44. The van der Waals surface area contributed by atoms with Crippen LogP contribution in [-0.4, -0.2) is 19.6 Å². The van der Waals surface area contributed by atoms with Crippen molar-refractivity contribution in [3.8, 4) is 0 Å². The number of anilines is 1. The third kappa shape index (κ3) is 3.14. The Bertz CT molecular complexity index is 482. The molecular weight excluding hydrogens is 324 g/mol. The van der Waals surface area contributed by atoms with Crippen molar-refractivity contribution in [2.45, 2.75) is 57.5 Å². The van der Waals surface area contributed by atoms with Crippen molar-refractivity contribution in [1.82, 2.24) is 5.32 Å². The third-order valence-corrected chi connectivity index (χ3v) is 5.94. The van der Waals surface area contributed by atoms with E-state index in [1.54, 1.807) is 0 Å². The first-order valence-electron chi connectivity index (χ1n) is 8.44. The van der Waals surface area contributed by atoms with Crippen LogP contribution in [0.3, 0.4) is 0 Å². The largest absolute Gasteiger partial charge is 0.368 e. The van der Waals surface area contributed by atoms with Crippen LogP contribution in [0.5, 0.6) is 0 Å². The second-order valence-electron chi connectivity index (χ2n) is 6.66. The van der Waals surface area contributed by atoms with E-state index in [2.05, 4.69) is 58.3 Å². The minimum Gasteiger partial charge on any atom is -0.368 e. The maximum Gasteiger partial charge on any atom is 0.0428 e. The van der Waals surface area contributed by atoms with Gasteiger partial charge in [-0.15, -0.1) is 0 Å². The Morgan fingerprint density at radius 1 is 1.19 bits per heavy atom. The second-order valence-corrected chi connectivity index (χ2v) is 7.58. The molecule has 1 aliphatic carbocycles. The quantitative estimate of drug-likeness (QED) is 0.831. The van der Waals surface area contributed by atoms with Crippen LogP contribution in [0, 0.1) is 5.92 Å². The van der Waals surface area contributed by atoms with Crippen LogP contribution in [0.25, 0.3) is 0 Å². The number of benzene rings is 1. The summed E-state index contributed by atoms with van der Waals surface area (Å²) in [7, 11) is 2.05. The molecule has 0 spiro atoms. The molecule has 1 heterocycles. The van der Waals surface area contributed by atoms with Crippen LogP contribution in [0.2, 0.25) is 0 Å². The van der Waals surface area contributed by atoms with E-state index >= 15 is 0 Å².